The molecule has 1 fully saturated rings. The van der Waals surface area contributed by atoms with Crippen LogP contribution in [0.2, 0.25) is 0 Å². The summed E-state index contributed by atoms with van der Waals surface area (Å²) in [6.45, 7) is 10.1. The molecular weight excluding hydrogens is 312 g/mol. The van der Waals surface area contributed by atoms with Crippen LogP contribution in [0.5, 0.6) is 0 Å². The van der Waals surface area contributed by atoms with Gasteiger partial charge in [0.15, 0.2) is 0 Å². The monoisotopic (exact) mass is 338 g/mol. The number of hydrogen-bond acceptors (Lipinski definition) is 4. The molecule has 1 aliphatic rings. The summed E-state index contributed by atoms with van der Waals surface area (Å²) in [4.78, 5) is 30.9. The Morgan fingerprint density at radius 1 is 1.22 bits per heavy atom. The van der Waals surface area contributed by atoms with Gasteiger partial charge in [0, 0.05) is 52.4 Å². The molecule has 0 bridgehead atoms. The highest BCUT2D eigenvalue weighted by molar-refractivity contribution is 7.12. The van der Waals surface area contributed by atoms with Crippen LogP contribution in [0.1, 0.15) is 23.5 Å². The highest BCUT2D eigenvalue weighted by Crippen LogP contribution is 2.13. The number of piperazine rings is 1. The predicted octanol–water partition coefficient (Wildman–Crippen LogP) is 1.56. The number of nitrogens with zero attached hydrogens (tertiary/aromatic N) is 3. The summed E-state index contributed by atoms with van der Waals surface area (Å²) >= 11 is 1.49. The zero-order chi connectivity index (χ0) is 16.7. The summed E-state index contributed by atoms with van der Waals surface area (Å²) in [5.74, 6) is 0.134. The second-order valence-electron chi connectivity index (χ2n) is 5.52. The number of carbonyl (C=O) groups is 2. The first-order valence-corrected chi connectivity index (χ1v) is 9.11. The molecule has 0 atom stereocenters. The van der Waals surface area contributed by atoms with Gasteiger partial charge in [-0.25, -0.2) is 4.79 Å². The Labute approximate surface area is 142 Å². The largest absolute Gasteiger partial charge is 0.337 e. The molecule has 0 saturated carbocycles. The van der Waals surface area contributed by atoms with Crippen LogP contribution >= 0.6 is 11.3 Å². The summed E-state index contributed by atoms with van der Waals surface area (Å²) in [7, 11) is 0. The van der Waals surface area contributed by atoms with Crippen molar-refractivity contribution in [2.45, 2.75) is 13.8 Å². The van der Waals surface area contributed by atoms with Crippen molar-refractivity contribution in [1.29, 1.82) is 0 Å². The van der Waals surface area contributed by atoms with E-state index in [0.29, 0.717) is 6.54 Å². The third-order valence-electron chi connectivity index (χ3n) is 4.15. The van der Waals surface area contributed by atoms with E-state index in [0.717, 1.165) is 50.7 Å². The molecule has 0 aromatic carbocycles. The fourth-order valence-electron chi connectivity index (χ4n) is 2.67. The Morgan fingerprint density at radius 2 is 1.91 bits per heavy atom. The van der Waals surface area contributed by atoms with Crippen molar-refractivity contribution in [3.63, 3.8) is 0 Å². The van der Waals surface area contributed by atoms with Crippen LogP contribution in [-0.4, -0.2) is 79.0 Å². The van der Waals surface area contributed by atoms with E-state index in [9.17, 15) is 9.59 Å². The van der Waals surface area contributed by atoms with E-state index in [1.54, 1.807) is 4.90 Å². The van der Waals surface area contributed by atoms with Gasteiger partial charge in [0.05, 0.1) is 4.88 Å². The lowest BCUT2D eigenvalue weighted by Gasteiger charge is -2.34. The van der Waals surface area contributed by atoms with Crippen LogP contribution in [0.25, 0.3) is 0 Å². The smallest absolute Gasteiger partial charge is 0.317 e. The topological polar surface area (TPSA) is 55.9 Å². The molecular formula is C16H26N4O2S. The van der Waals surface area contributed by atoms with Crippen LogP contribution in [-0.2, 0) is 0 Å². The third kappa shape index (κ3) is 4.94. The van der Waals surface area contributed by atoms with Crippen LogP contribution in [0.4, 0.5) is 4.79 Å². The first-order valence-electron chi connectivity index (χ1n) is 8.23. The van der Waals surface area contributed by atoms with Crippen molar-refractivity contribution in [3.8, 4) is 0 Å². The predicted molar refractivity (Wildman–Crippen MR) is 93.0 cm³/mol. The molecule has 128 valence electrons. The van der Waals surface area contributed by atoms with Gasteiger partial charge >= 0.3 is 6.03 Å². The van der Waals surface area contributed by atoms with Gasteiger partial charge in [-0.2, -0.15) is 0 Å². The fourth-order valence-corrected chi connectivity index (χ4v) is 3.37. The van der Waals surface area contributed by atoms with Crippen molar-refractivity contribution in [1.82, 2.24) is 20.0 Å². The van der Waals surface area contributed by atoms with E-state index in [-0.39, 0.29) is 11.9 Å². The lowest BCUT2D eigenvalue weighted by Crippen LogP contribution is -2.50. The second kappa shape index (κ2) is 8.88. The van der Waals surface area contributed by atoms with Crippen LogP contribution in [0.3, 0.4) is 0 Å². The van der Waals surface area contributed by atoms with Crippen LogP contribution < -0.4 is 5.32 Å². The van der Waals surface area contributed by atoms with Crippen LogP contribution in [0, 0.1) is 0 Å². The molecule has 0 radical (unpaired) electrons. The Morgan fingerprint density at radius 3 is 2.48 bits per heavy atom. The summed E-state index contributed by atoms with van der Waals surface area (Å²) < 4.78 is 0. The van der Waals surface area contributed by atoms with E-state index in [1.165, 1.54) is 11.3 Å². The Balaban J connectivity index is 1.67. The Kier molecular flexibility index (Phi) is 6.85. The maximum absolute atomic E-state index is 12.3. The minimum atomic E-state index is 0.00140. The molecule has 2 rings (SSSR count). The molecule has 0 spiro atoms. The van der Waals surface area contributed by atoms with E-state index in [2.05, 4.69) is 10.2 Å². The molecule has 0 unspecified atom stereocenters. The lowest BCUT2D eigenvalue weighted by molar-refractivity contribution is 0.0644. The molecule has 6 nitrogen and oxygen atoms in total. The number of carbonyl (C=O) groups excluding carboxylic acids is 2. The maximum atomic E-state index is 12.3. The second-order valence-corrected chi connectivity index (χ2v) is 6.46. The minimum Gasteiger partial charge on any atom is -0.337 e. The zero-order valence-electron chi connectivity index (χ0n) is 14.0. The zero-order valence-corrected chi connectivity index (χ0v) is 14.8. The van der Waals surface area contributed by atoms with Gasteiger partial charge in [-0.1, -0.05) is 6.07 Å². The van der Waals surface area contributed by atoms with Crippen molar-refractivity contribution in [2.24, 2.45) is 0 Å². The lowest BCUT2D eigenvalue weighted by atomic mass is 10.3. The molecule has 1 aromatic heterocycles. The average Bonchev–Trinajstić information content (AvgIpc) is 3.10. The average molecular weight is 338 g/mol. The molecule has 1 N–H and O–H groups in total. The SMILES string of the molecule is CCN(CC)C(=O)NCCN1CCN(C(=O)c2cccs2)CC1. The molecule has 3 amide bonds. The molecule has 23 heavy (non-hydrogen) atoms. The fraction of sp³-hybridized carbons (Fsp3) is 0.625. The molecule has 1 aromatic rings. The van der Waals surface area contributed by atoms with Crippen molar-refractivity contribution in [2.75, 3.05) is 52.4 Å². The summed E-state index contributed by atoms with van der Waals surface area (Å²) in [6, 6.07) is 3.79. The van der Waals surface area contributed by atoms with Gasteiger partial charge in [0.25, 0.3) is 5.91 Å². The summed E-state index contributed by atoms with van der Waals surface area (Å²) in [6.07, 6.45) is 0. The minimum absolute atomic E-state index is 0.00140. The normalized spacial score (nSPS) is 15.5. The quantitative estimate of drug-likeness (QED) is 0.856. The molecule has 7 heteroatoms. The van der Waals surface area contributed by atoms with Gasteiger partial charge in [0.2, 0.25) is 0 Å². The number of hydrogen-bond donors (Lipinski definition) is 1. The van der Waals surface area contributed by atoms with Crippen LogP contribution in [0.15, 0.2) is 17.5 Å². The van der Waals surface area contributed by atoms with Crippen molar-refractivity contribution >= 4 is 23.3 Å². The van der Waals surface area contributed by atoms with Gasteiger partial charge in [0.1, 0.15) is 0 Å². The van der Waals surface area contributed by atoms with E-state index < -0.39 is 0 Å². The summed E-state index contributed by atoms with van der Waals surface area (Å²) in [5.41, 5.74) is 0. The molecule has 1 aliphatic heterocycles. The number of urea groups is 1. The standard InChI is InChI=1S/C16H26N4O2S/c1-3-19(4-2)16(22)17-7-8-18-9-11-20(12-10-18)15(21)14-6-5-13-23-14/h5-6,13H,3-4,7-12H2,1-2H3,(H,17,22). The first-order chi connectivity index (χ1) is 11.2. The van der Waals surface area contributed by atoms with Crippen molar-refractivity contribution in [3.05, 3.63) is 22.4 Å². The maximum Gasteiger partial charge on any atom is 0.317 e. The third-order valence-corrected chi connectivity index (χ3v) is 5.00. The number of amides is 3. The number of thiophene rings is 1. The first kappa shape index (κ1) is 17.7. The van der Waals surface area contributed by atoms with E-state index in [1.807, 2.05) is 36.3 Å². The molecule has 2 heterocycles. The summed E-state index contributed by atoms with van der Waals surface area (Å²) in [5, 5.41) is 4.89. The highest BCUT2D eigenvalue weighted by atomic mass is 32.1. The van der Waals surface area contributed by atoms with Gasteiger partial charge < -0.3 is 15.1 Å². The Bertz CT molecular complexity index is 494. The van der Waals surface area contributed by atoms with Gasteiger partial charge in [-0.15, -0.1) is 11.3 Å². The van der Waals surface area contributed by atoms with Gasteiger partial charge in [-0.3, -0.25) is 9.69 Å². The van der Waals surface area contributed by atoms with E-state index >= 15 is 0 Å². The number of nitrogens with one attached hydrogen (secondary N) is 1. The van der Waals surface area contributed by atoms with Crippen molar-refractivity contribution < 1.29 is 9.59 Å². The highest BCUT2D eigenvalue weighted by Gasteiger charge is 2.22. The van der Waals surface area contributed by atoms with E-state index in [4.69, 9.17) is 0 Å². The van der Waals surface area contributed by atoms with Gasteiger partial charge in [-0.05, 0) is 25.3 Å². The number of rotatable bonds is 6. The molecule has 1 saturated heterocycles. The molecule has 0 aliphatic carbocycles. The Hall–Kier alpha value is -1.60.